The lowest BCUT2D eigenvalue weighted by molar-refractivity contribution is -0.141. The van der Waals surface area contributed by atoms with Gasteiger partial charge in [0.25, 0.3) is 0 Å². The van der Waals surface area contributed by atoms with Gasteiger partial charge in [0.1, 0.15) is 11.8 Å². The van der Waals surface area contributed by atoms with E-state index in [9.17, 15) is 26.8 Å². The second-order valence-corrected chi connectivity index (χ2v) is 11.7. The van der Waals surface area contributed by atoms with Crippen molar-refractivity contribution in [3.8, 4) is 5.75 Å². The van der Waals surface area contributed by atoms with Crippen LogP contribution in [0.3, 0.4) is 0 Å². The number of nitrogens with zero attached hydrogens (tertiary/aromatic N) is 2. The third-order valence-corrected chi connectivity index (χ3v) is 8.11. The highest BCUT2D eigenvalue weighted by atomic mass is 32.2. The summed E-state index contributed by atoms with van der Waals surface area (Å²) in [5, 5.41) is 3.09. The molecule has 0 aliphatic heterocycles. The normalized spacial score (nSPS) is 14.6. The second kappa shape index (κ2) is 13.7. The van der Waals surface area contributed by atoms with E-state index in [-0.39, 0.29) is 49.5 Å². The van der Waals surface area contributed by atoms with Crippen LogP contribution < -0.4 is 14.4 Å². The number of ether oxygens (including phenoxy) is 1. The third kappa shape index (κ3) is 8.39. The first kappa shape index (κ1) is 30.3. The predicted octanol–water partition coefficient (Wildman–Crippen LogP) is 4.39. The molecule has 11 heteroatoms. The van der Waals surface area contributed by atoms with Crippen molar-refractivity contribution in [1.29, 1.82) is 0 Å². The summed E-state index contributed by atoms with van der Waals surface area (Å²) in [6, 6.07) is 9.49. The average Bonchev–Trinajstić information content (AvgIpc) is 3.40. The van der Waals surface area contributed by atoms with Gasteiger partial charge < -0.3 is 15.0 Å². The number of sulfonamides is 1. The van der Waals surface area contributed by atoms with Gasteiger partial charge in [-0.05, 0) is 55.5 Å². The zero-order valence-corrected chi connectivity index (χ0v) is 23.5. The van der Waals surface area contributed by atoms with Gasteiger partial charge in [0.15, 0.2) is 11.6 Å². The van der Waals surface area contributed by atoms with Crippen LogP contribution in [-0.4, -0.2) is 57.1 Å². The van der Waals surface area contributed by atoms with E-state index < -0.39 is 27.7 Å². The maximum atomic E-state index is 13.8. The van der Waals surface area contributed by atoms with Gasteiger partial charge in [0.05, 0.1) is 19.1 Å². The second-order valence-electron chi connectivity index (χ2n) is 9.82. The molecule has 1 atom stereocenters. The predicted molar refractivity (Wildman–Crippen MR) is 146 cm³/mol. The minimum atomic E-state index is -3.83. The highest BCUT2D eigenvalue weighted by Crippen LogP contribution is 2.23. The zero-order chi connectivity index (χ0) is 28.6. The fourth-order valence-electron chi connectivity index (χ4n) is 4.90. The minimum Gasteiger partial charge on any atom is -0.497 e. The molecule has 1 saturated carbocycles. The highest BCUT2D eigenvalue weighted by Gasteiger charge is 2.31. The highest BCUT2D eigenvalue weighted by molar-refractivity contribution is 7.92. The molecule has 3 rings (SSSR count). The summed E-state index contributed by atoms with van der Waals surface area (Å²) in [4.78, 5) is 28.3. The fraction of sp³-hybridized carbons (Fsp3) is 0.500. The van der Waals surface area contributed by atoms with Gasteiger partial charge in [-0.1, -0.05) is 31.9 Å². The number of nitrogens with one attached hydrogen (secondary N) is 1. The molecule has 0 heterocycles. The minimum absolute atomic E-state index is 0.0283. The van der Waals surface area contributed by atoms with Crippen LogP contribution in [0, 0.1) is 11.6 Å². The van der Waals surface area contributed by atoms with Gasteiger partial charge in [-0.3, -0.25) is 13.9 Å². The molecule has 0 saturated heterocycles. The van der Waals surface area contributed by atoms with Gasteiger partial charge in [-0.2, -0.15) is 0 Å². The van der Waals surface area contributed by atoms with Crippen molar-refractivity contribution in [1.82, 2.24) is 10.2 Å². The van der Waals surface area contributed by atoms with Gasteiger partial charge in [0, 0.05) is 31.6 Å². The Kier molecular flexibility index (Phi) is 10.7. The standard InChI is InChI=1S/C28H37F2N3O5S/c1-4-26(28(35)31-21-10-5-6-11-21)32(19-20-9-7-12-23(17-20)38-2)27(34)13-8-16-33(39(3,36)37)22-14-15-24(29)25(30)18-22/h7,9,12,14-15,17-18,21,26H,4-6,8,10-11,13,16,19H2,1-3H3,(H,31,35)/t26-/m0/s1. The molecule has 1 N–H and O–H groups in total. The Morgan fingerprint density at radius 1 is 1.10 bits per heavy atom. The SMILES string of the molecule is CC[C@@H](C(=O)NC1CCCC1)N(Cc1cccc(OC)c1)C(=O)CCCN(c1ccc(F)c(F)c1)S(C)(=O)=O. The monoisotopic (exact) mass is 565 g/mol. The number of carbonyl (C=O) groups is 2. The van der Waals surface area contributed by atoms with Crippen molar-refractivity contribution in [3.05, 3.63) is 59.7 Å². The van der Waals surface area contributed by atoms with E-state index in [0.717, 1.165) is 53.9 Å². The molecule has 0 unspecified atom stereocenters. The Morgan fingerprint density at radius 2 is 1.82 bits per heavy atom. The van der Waals surface area contributed by atoms with Gasteiger partial charge in [-0.15, -0.1) is 0 Å². The molecule has 1 aliphatic rings. The first-order valence-corrected chi connectivity index (χ1v) is 15.0. The van der Waals surface area contributed by atoms with E-state index in [2.05, 4.69) is 5.32 Å². The Morgan fingerprint density at radius 3 is 2.44 bits per heavy atom. The van der Waals surface area contributed by atoms with Crippen LogP contribution in [0.25, 0.3) is 0 Å². The van der Waals surface area contributed by atoms with E-state index in [4.69, 9.17) is 4.74 Å². The smallest absolute Gasteiger partial charge is 0.243 e. The molecule has 214 valence electrons. The lowest BCUT2D eigenvalue weighted by atomic mass is 10.1. The summed E-state index contributed by atoms with van der Waals surface area (Å²) in [5.74, 6) is -2.15. The summed E-state index contributed by atoms with van der Waals surface area (Å²) >= 11 is 0. The first-order valence-electron chi connectivity index (χ1n) is 13.2. The largest absolute Gasteiger partial charge is 0.497 e. The van der Waals surface area contributed by atoms with E-state index >= 15 is 0 Å². The van der Waals surface area contributed by atoms with Crippen molar-refractivity contribution < 1.29 is 31.5 Å². The summed E-state index contributed by atoms with van der Waals surface area (Å²) in [6.07, 6.45) is 5.37. The fourth-order valence-corrected chi connectivity index (χ4v) is 5.86. The lowest BCUT2D eigenvalue weighted by Crippen LogP contribution is -2.51. The molecule has 1 fully saturated rings. The van der Waals surface area contributed by atoms with E-state index in [1.54, 1.807) is 19.2 Å². The molecular formula is C28H37F2N3O5S. The number of halogens is 2. The number of amides is 2. The van der Waals surface area contributed by atoms with E-state index in [0.29, 0.717) is 12.2 Å². The lowest BCUT2D eigenvalue weighted by Gasteiger charge is -2.32. The molecule has 1 aliphatic carbocycles. The van der Waals surface area contributed by atoms with Crippen LogP contribution in [0.1, 0.15) is 57.4 Å². The molecule has 0 bridgehead atoms. The number of carbonyl (C=O) groups excluding carboxylic acids is 2. The van der Waals surface area contributed by atoms with Crippen LogP contribution in [0.5, 0.6) is 5.75 Å². The molecule has 8 nitrogen and oxygen atoms in total. The summed E-state index contributed by atoms with van der Waals surface area (Å²) in [7, 11) is -2.28. The van der Waals surface area contributed by atoms with Crippen molar-refractivity contribution in [3.63, 3.8) is 0 Å². The zero-order valence-electron chi connectivity index (χ0n) is 22.7. The third-order valence-electron chi connectivity index (χ3n) is 6.92. The van der Waals surface area contributed by atoms with Crippen LogP contribution >= 0.6 is 0 Å². The first-order chi connectivity index (χ1) is 18.5. The molecule has 2 aromatic carbocycles. The summed E-state index contributed by atoms with van der Waals surface area (Å²) in [5.41, 5.74) is 0.758. The van der Waals surface area contributed by atoms with Crippen LogP contribution in [0.2, 0.25) is 0 Å². The number of methoxy groups -OCH3 is 1. The Bertz CT molecular complexity index is 1250. The summed E-state index contributed by atoms with van der Waals surface area (Å²) in [6.45, 7) is 1.90. The van der Waals surface area contributed by atoms with Crippen LogP contribution in [0.15, 0.2) is 42.5 Å². The summed E-state index contributed by atoms with van der Waals surface area (Å²) < 4.78 is 58.2. The van der Waals surface area contributed by atoms with E-state index in [1.807, 2.05) is 19.1 Å². The molecule has 0 radical (unpaired) electrons. The quantitative estimate of drug-likeness (QED) is 0.389. The van der Waals surface area contributed by atoms with Crippen molar-refractivity contribution >= 4 is 27.5 Å². The van der Waals surface area contributed by atoms with Crippen LogP contribution in [-0.2, 0) is 26.2 Å². The van der Waals surface area contributed by atoms with Gasteiger partial charge in [0.2, 0.25) is 21.8 Å². The number of hydrogen-bond donors (Lipinski definition) is 1. The topological polar surface area (TPSA) is 96.0 Å². The molecule has 0 aromatic heterocycles. The van der Waals surface area contributed by atoms with Gasteiger partial charge >= 0.3 is 0 Å². The number of rotatable bonds is 13. The molecule has 39 heavy (non-hydrogen) atoms. The maximum absolute atomic E-state index is 13.8. The molecular weight excluding hydrogens is 528 g/mol. The Balaban J connectivity index is 1.78. The molecule has 2 amide bonds. The van der Waals surface area contributed by atoms with Crippen LogP contribution in [0.4, 0.5) is 14.5 Å². The van der Waals surface area contributed by atoms with E-state index in [1.165, 1.54) is 11.0 Å². The Labute approximate surface area is 229 Å². The number of benzene rings is 2. The average molecular weight is 566 g/mol. The van der Waals surface area contributed by atoms with Crippen molar-refractivity contribution in [2.75, 3.05) is 24.2 Å². The Hall–Kier alpha value is -3.21. The number of hydrogen-bond acceptors (Lipinski definition) is 5. The molecule has 2 aromatic rings. The number of anilines is 1. The van der Waals surface area contributed by atoms with Crippen molar-refractivity contribution in [2.24, 2.45) is 0 Å². The maximum Gasteiger partial charge on any atom is 0.243 e. The van der Waals surface area contributed by atoms with Crippen molar-refractivity contribution in [2.45, 2.75) is 70.5 Å². The van der Waals surface area contributed by atoms with Gasteiger partial charge in [-0.25, -0.2) is 17.2 Å². The molecule has 0 spiro atoms.